The summed E-state index contributed by atoms with van der Waals surface area (Å²) in [6.45, 7) is 1.87. The lowest BCUT2D eigenvalue weighted by molar-refractivity contribution is 0.0701. The third kappa shape index (κ3) is 2.21. The first-order valence-corrected chi connectivity index (χ1v) is 6.86. The van der Waals surface area contributed by atoms with Crippen LogP contribution in [-0.2, 0) is 13.6 Å². The van der Waals surface area contributed by atoms with Crippen molar-refractivity contribution in [3.05, 3.63) is 39.0 Å². The van der Waals surface area contributed by atoms with Gasteiger partial charge in [-0.05, 0) is 12.5 Å². The summed E-state index contributed by atoms with van der Waals surface area (Å²) in [7, 11) is 1.74. The normalized spacial score (nSPS) is 11.1. The Morgan fingerprint density at radius 1 is 1.48 bits per heavy atom. The van der Waals surface area contributed by atoms with E-state index in [2.05, 4.69) is 15.3 Å². The number of nitrogens with zero attached hydrogens (tertiary/aromatic N) is 5. The lowest BCUT2D eigenvalue weighted by atomic mass is 10.2. The van der Waals surface area contributed by atoms with Crippen LogP contribution in [0.15, 0.2) is 17.3 Å². The van der Waals surface area contributed by atoms with Crippen LogP contribution < -0.4 is 5.56 Å². The summed E-state index contributed by atoms with van der Waals surface area (Å²) in [4.78, 5) is 28.4. The maximum Gasteiger partial charge on any atom is 0.346 e. The van der Waals surface area contributed by atoms with Crippen molar-refractivity contribution in [3.63, 3.8) is 0 Å². The van der Waals surface area contributed by atoms with E-state index in [9.17, 15) is 9.59 Å². The van der Waals surface area contributed by atoms with Crippen molar-refractivity contribution in [3.8, 4) is 0 Å². The van der Waals surface area contributed by atoms with E-state index >= 15 is 0 Å². The molecular weight excluding hydrogens is 294 g/mol. The zero-order valence-corrected chi connectivity index (χ0v) is 12.1. The van der Waals surface area contributed by atoms with Gasteiger partial charge in [-0.25, -0.2) is 9.78 Å². The standard InChI is InChI=1S/C12H11N5O3S/c1-6-8-10(21-9(6)12(19)20)13-5-17(11(8)18)4-7-3-16(2)15-14-7/h3,5H,4H2,1-2H3,(H,19,20). The zero-order chi connectivity index (χ0) is 15.1. The largest absolute Gasteiger partial charge is 0.477 e. The van der Waals surface area contributed by atoms with Crippen LogP contribution >= 0.6 is 11.3 Å². The Kier molecular flexibility index (Phi) is 3.05. The molecule has 0 aliphatic rings. The molecule has 8 nitrogen and oxygen atoms in total. The first-order valence-electron chi connectivity index (χ1n) is 6.04. The number of hydrogen-bond acceptors (Lipinski definition) is 6. The molecule has 3 aromatic heterocycles. The van der Waals surface area contributed by atoms with Crippen molar-refractivity contribution in [1.82, 2.24) is 24.5 Å². The third-order valence-corrected chi connectivity index (χ3v) is 4.28. The second-order valence-corrected chi connectivity index (χ2v) is 5.60. The minimum absolute atomic E-state index is 0.145. The average Bonchev–Trinajstić information content (AvgIpc) is 2.97. The predicted octanol–water partition coefficient (Wildman–Crippen LogP) is 0.641. The molecule has 0 saturated heterocycles. The topological polar surface area (TPSA) is 103 Å². The van der Waals surface area contributed by atoms with Gasteiger partial charge in [0.15, 0.2) is 0 Å². The van der Waals surface area contributed by atoms with Gasteiger partial charge in [-0.3, -0.25) is 14.0 Å². The van der Waals surface area contributed by atoms with E-state index < -0.39 is 5.97 Å². The van der Waals surface area contributed by atoms with E-state index in [0.717, 1.165) is 11.3 Å². The molecule has 108 valence electrons. The Morgan fingerprint density at radius 3 is 2.86 bits per heavy atom. The molecule has 3 aromatic rings. The van der Waals surface area contributed by atoms with E-state index in [0.29, 0.717) is 21.5 Å². The van der Waals surface area contributed by atoms with E-state index in [1.165, 1.54) is 10.9 Å². The number of hydrogen-bond donors (Lipinski definition) is 1. The number of rotatable bonds is 3. The van der Waals surface area contributed by atoms with Crippen LogP contribution in [-0.4, -0.2) is 35.6 Å². The SMILES string of the molecule is Cc1c(C(=O)O)sc2ncn(Cc3cn(C)nn3)c(=O)c12. The highest BCUT2D eigenvalue weighted by atomic mass is 32.1. The number of aromatic nitrogens is 5. The van der Waals surface area contributed by atoms with Gasteiger partial charge in [-0.1, -0.05) is 5.21 Å². The molecule has 1 N–H and O–H groups in total. The summed E-state index contributed by atoms with van der Waals surface area (Å²) in [5, 5.41) is 17.2. The number of aromatic carboxylic acids is 1. The highest BCUT2D eigenvalue weighted by Gasteiger charge is 2.18. The molecule has 3 heterocycles. The first-order chi connectivity index (χ1) is 9.97. The lowest BCUT2D eigenvalue weighted by Gasteiger charge is -2.02. The van der Waals surface area contributed by atoms with Crippen molar-refractivity contribution < 1.29 is 9.90 Å². The molecule has 0 aliphatic carbocycles. The summed E-state index contributed by atoms with van der Waals surface area (Å²) in [6, 6.07) is 0. The van der Waals surface area contributed by atoms with Crippen LogP contribution in [0.4, 0.5) is 0 Å². The molecular formula is C12H11N5O3S. The zero-order valence-electron chi connectivity index (χ0n) is 11.3. The van der Waals surface area contributed by atoms with E-state index in [1.807, 2.05) is 0 Å². The van der Waals surface area contributed by atoms with Gasteiger partial charge < -0.3 is 5.11 Å². The van der Waals surface area contributed by atoms with Gasteiger partial charge in [0.2, 0.25) is 0 Å². The van der Waals surface area contributed by atoms with Crippen LogP contribution in [0.5, 0.6) is 0 Å². The average molecular weight is 305 g/mol. The summed E-state index contributed by atoms with van der Waals surface area (Å²) >= 11 is 1.01. The fraction of sp³-hybridized carbons (Fsp3) is 0.250. The predicted molar refractivity (Wildman–Crippen MR) is 75.7 cm³/mol. The van der Waals surface area contributed by atoms with Crippen molar-refractivity contribution in [2.24, 2.45) is 7.05 Å². The number of aryl methyl sites for hydroxylation is 2. The number of carboxylic acids is 1. The molecule has 0 amide bonds. The fourth-order valence-electron chi connectivity index (χ4n) is 2.12. The molecule has 0 spiro atoms. The van der Waals surface area contributed by atoms with Crippen LogP contribution in [0.3, 0.4) is 0 Å². The minimum atomic E-state index is -1.05. The molecule has 0 fully saturated rings. The Hall–Kier alpha value is -2.55. The quantitative estimate of drug-likeness (QED) is 0.761. The van der Waals surface area contributed by atoms with E-state index in [1.54, 1.807) is 24.9 Å². The molecule has 0 aromatic carbocycles. The van der Waals surface area contributed by atoms with Crippen molar-refractivity contribution in [1.29, 1.82) is 0 Å². The first kappa shape index (κ1) is 13.4. The third-order valence-electron chi connectivity index (χ3n) is 3.09. The number of carbonyl (C=O) groups is 1. The Labute approximate surface area is 122 Å². The lowest BCUT2D eigenvalue weighted by Crippen LogP contribution is -2.21. The molecule has 0 saturated carbocycles. The van der Waals surface area contributed by atoms with Crippen LogP contribution in [0.2, 0.25) is 0 Å². The van der Waals surface area contributed by atoms with Crippen molar-refractivity contribution in [2.75, 3.05) is 0 Å². The Bertz CT molecular complexity index is 907. The summed E-state index contributed by atoms with van der Waals surface area (Å²) < 4.78 is 2.95. The molecule has 0 radical (unpaired) electrons. The highest BCUT2D eigenvalue weighted by Crippen LogP contribution is 2.26. The van der Waals surface area contributed by atoms with E-state index in [-0.39, 0.29) is 17.0 Å². The fourth-order valence-corrected chi connectivity index (χ4v) is 3.10. The van der Waals surface area contributed by atoms with Crippen LogP contribution in [0, 0.1) is 6.92 Å². The molecule has 9 heteroatoms. The van der Waals surface area contributed by atoms with Gasteiger partial charge in [-0.15, -0.1) is 16.4 Å². The molecule has 0 unspecified atom stereocenters. The highest BCUT2D eigenvalue weighted by molar-refractivity contribution is 7.20. The van der Waals surface area contributed by atoms with Gasteiger partial charge in [0.1, 0.15) is 15.4 Å². The van der Waals surface area contributed by atoms with Crippen molar-refractivity contribution >= 4 is 27.5 Å². The van der Waals surface area contributed by atoms with Gasteiger partial charge in [0.25, 0.3) is 5.56 Å². The smallest absolute Gasteiger partial charge is 0.346 e. The Morgan fingerprint density at radius 2 is 2.24 bits per heavy atom. The molecule has 0 bridgehead atoms. The van der Waals surface area contributed by atoms with Crippen LogP contribution in [0.1, 0.15) is 20.9 Å². The van der Waals surface area contributed by atoms with E-state index in [4.69, 9.17) is 5.11 Å². The van der Waals surface area contributed by atoms with Gasteiger partial charge >= 0.3 is 5.97 Å². The second-order valence-electron chi connectivity index (χ2n) is 4.60. The summed E-state index contributed by atoms with van der Waals surface area (Å²) in [6.07, 6.45) is 3.11. The maximum absolute atomic E-state index is 12.5. The molecule has 0 atom stereocenters. The number of fused-ring (bicyclic) bond motifs is 1. The van der Waals surface area contributed by atoms with Crippen LogP contribution in [0.25, 0.3) is 10.2 Å². The number of carboxylic acid groups (broad SMARTS) is 1. The molecule has 21 heavy (non-hydrogen) atoms. The van der Waals surface area contributed by atoms with Crippen molar-refractivity contribution in [2.45, 2.75) is 13.5 Å². The molecule has 3 rings (SSSR count). The number of thiophene rings is 1. The summed E-state index contributed by atoms with van der Waals surface area (Å²) in [5.41, 5.74) is 0.812. The van der Waals surface area contributed by atoms with Gasteiger partial charge in [0.05, 0.1) is 18.3 Å². The Balaban J connectivity index is 2.13. The van der Waals surface area contributed by atoms with Gasteiger partial charge in [0, 0.05) is 13.2 Å². The molecule has 0 aliphatic heterocycles. The van der Waals surface area contributed by atoms with Gasteiger partial charge in [-0.2, -0.15) is 0 Å². The second kappa shape index (κ2) is 4.77. The summed E-state index contributed by atoms with van der Waals surface area (Å²) in [5.74, 6) is -1.05. The maximum atomic E-state index is 12.5. The monoisotopic (exact) mass is 305 g/mol. The minimum Gasteiger partial charge on any atom is -0.477 e.